The maximum atomic E-state index is 10.0. The number of nitrogens with zero attached hydrogens (tertiary/aromatic N) is 4. The van der Waals surface area contributed by atoms with Gasteiger partial charge in [-0.3, -0.25) is 0 Å². The summed E-state index contributed by atoms with van der Waals surface area (Å²) in [7, 11) is 0. The molecule has 108 valence electrons. The van der Waals surface area contributed by atoms with Gasteiger partial charge in [0, 0.05) is 13.1 Å². The van der Waals surface area contributed by atoms with Gasteiger partial charge in [0.2, 0.25) is 0 Å². The van der Waals surface area contributed by atoms with E-state index in [1.54, 1.807) is 0 Å². The monoisotopic (exact) mass is 274 g/mol. The molecule has 1 aromatic rings. The third-order valence-corrected chi connectivity index (χ3v) is 4.08. The molecule has 1 fully saturated rings. The number of aryl methyl sites for hydroxylation is 1. The van der Waals surface area contributed by atoms with Gasteiger partial charge >= 0.3 is 0 Å². The molecule has 5 heteroatoms. The van der Waals surface area contributed by atoms with Gasteiger partial charge in [-0.15, -0.1) is 5.10 Å². The fraction of sp³-hybridized carbons (Fsp3) is 0.667. The Morgan fingerprint density at radius 1 is 1.25 bits per heavy atom. The fourth-order valence-electron chi connectivity index (χ4n) is 2.70. The molecule has 1 aromatic heterocycles. The zero-order chi connectivity index (χ0) is 14.8. The zero-order valence-electron chi connectivity index (χ0n) is 12.5. The molecule has 2 rings (SSSR count). The predicted molar refractivity (Wildman–Crippen MR) is 77.6 cm³/mol. The molecule has 0 spiro atoms. The smallest absolute Gasteiger partial charge is 0.169 e. The van der Waals surface area contributed by atoms with E-state index in [0.29, 0.717) is 37.3 Å². The molecular formula is C15H22N4O. The van der Waals surface area contributed by atoms with E-state index in [0.717, 1.165) is 24.1 Å². The first-order valence-electron chi connectivity index (χ1n) is 7.28. The molecule has 0 radical (unpaired) electrons. The molecule has 0 atom stereocenters. The van der Waals surface area contributed by atoms with Crippen LogP contribution in [0.5, 0.6) is 0 Å². The molecule has 1 N–H and O–H groups in total. The maximum absolute atomic E-state index is 10.0. The van der Waals surface area contributed by atoms with Crippen LogP contribution in [0.2, 0.25) is 0 Å². The highest BCUT2D eigenvalue weighted by atomic mass is 16.3. The van der Waals surface area contributed by atoms with Crippen LogP contribution in [-0.2, 0) is 12.8 Å². The van der Waals surface area contributed by atoms with Crippen molar-refractivity contribution in [3.8, 4) is 6.07 Å². The summed E-state index contributed by atoms with van der Waals surface area (Å²) in [5.74, 6) is 0.678. The number of nitriles is 1. The Morgan fingerprint density at radius 2 is 1.90 bits per heavy atom. The lowest BCUT2D eigenvalue weighted by atomic mass is 9.93. The lowest BCUT2D eigenvalue weighted by Gasteiger charge is -2.36. The molecule has 20 heavy (non-hydrogen) atoms. The summed E-state index contributed by atoms with van der Waals surface area (Å²) in [6, 6.07) is 2.30. The van der Waals surface area contributed by atoms with Gasteiger partial charge in [-0.1, -0.05) is 13.8 Å². The van der Waals surface area contributed by atoms with Crippen molar-refractivity contribution in [1.82, 2.24) is 10.2 Å². The van der Waals surface area contributed by atoms with Crippen molar-refractivity contribution in [3.63, 3.8) is 0 Å². The van der Waals surface area contributed by atoms with Crippen molar-refractivity contribution >= 4 is 5.82 Å². The summed E-state index contributed by atoms with van der Waals surface area (Å²) in [5.41, 5.74) is 1.98. The molecule has 2 heterocycles. The van der Waals surface area contributed by atoms with Gasteiger partial charge in [-0.2, -0.15) is 10.4 Å². The minimum absolute atomic E-state index is 0.603. The van der Waals surface area contributed by atoms with Crippen LogP contribution in [0.25, 0.3) is 0 Å². The van der Waals surface area contributed by atoms with E-state index in [9.17, 15) is 10.4 Å². The molecule has 0 saturated carbocycles. The standard InChI is InChI=1S/C15H22N4O/c1-4-11-12(10-16)14(18-17-13(11)5-2)19-8-6-15(3,20)7-9-19/h20H,4-9H2,1-3H3. The van der Waals surface area contributed by atoms with E-state index in [1.807, 2.05) is 20.8 Å². The molecule has 5 nitrogen and oxygen atoms in total. The Balaban J connectivity index is 2.36. The van der Waals surface area contributed by atoms with Crippen molar-refractivity contribution in [2.24, 2.45) is 0 Å². The Hall–Kier alpha value is -1.67. The second kappa shape index (κ2) is 5.76. The number of hydrogen-bond acceptors (Lipinski definition) is 5. The second-order valence-corrected chi connectivity index (χ2v) is 5.63. The summed E-state index contributed by atoms with van der Waals surface area (Å²) in [5, 5.41) is 28.1. The quantitative estimate of drug-likeness (QED) is 0.910. The Morgan fingerprint density at radius 3 is 2.40 bits per heavy atom. The van der Waals surface area contributed by atoms with Gasteiger partial charge in [-0.25, -0.2) is 0 Å². The van der Waals surface area contributed by atoms with E-state index in [1.165, 1.54) is 0 Å². The van der Waals surface area contributed by atoms with Crippen LogP contribution in [0, 0.1) is 11.3 Å². The number of anilines is 1. The van der Waals surface area contributed by atoms with Gasteiger partial charge in [0.1, 0.15) is 11.6 Å². The predicted octanol–water partition coefficient (Wildman–Crippen LogP) is 1.82. The minimum Gasteiger partial charge on any atom is -0.390 e. The van der Waals surface area contributed by atoms with Crippen LogP contribution in [0.15, 0.2) is 0 Å². The lowest BCUT2D eigenvalue weighted by Crippen LogP contribution is -2.43. The van der Waals surface area contributed by atoms with Crippen LogP contribution >= 0.6 is 0 Å². The largest absolute Gasteiger partial charge is 0.390 e. The molecule has 1 aliphatic rings. The first kappa shape index (κ1) is 14.7. The third-order valence-electron chi connectivity index (χ3n) is 4.08. The van der Waals surface area contributed by atoms with Crippen molar-refractivity contribution < 1.29 is 5.11 Å². The molecule has 1 saturated heterocycles. The SMILES string of the molecule is CCc1nnc(N2CCC(C)(O)CC2)c(C#N)c1CC. The van der Waals surface area contributed by atoms with Crippen molar-refractivity contribution in [1.29, 1.82) is 5.26 Å². The summed E-state index contributed by atoms with van der Waals surface area (Å²) < 4.78 is 0. The van der Waals surface area contributed by atoms with E-state index >= 15 is 0 Å². The zero-order valence-corrected chi connectivity index (χ0v) is 12.5. The maximum Gasteiger partial charge on any atom is 0.169 e. The Bertz CT molecular complexity index is 523. The highest BCUT2D eigenvalue weighted by Gasteiger charge is 2.30. The average molecular weight is 274 g/mol. The number of rotatable bonds is 3. The molecule has 0 unspecified atom stereocenters. The van der Waals surface area contributed by atoms with Crippen LogP contribution in [-0.4, -0.2) is 34.0 Å². The molecular weight excluding hydrogens is 252 g/mol. The first-order valence-corrected chi connectivity index (χ1v) is 7.28. The molecule has 1 aliphatic heterocycles. The normalized spacial score (nSPS) is 17.9. The fourth-order valence-corrected chi connectivity index (χ4v) is 2.70. The Kier molecular flexibility index (Phi) is 4.24. The van der Waals surface area contributed by atoms with Gasteiger partial charge in [0.25, 0.3) is 0 Å². The van der Waals surface area contributed by atoms with E-state index in [2.05, 4.69) is 21.2 Å². The molecule has 0 bridgehead atoms. The van der Waals surface area contributed by atoms with Crippen molar-refractivity contribution in [3.05, 3.63) is 16.8 Å². The summed E-state index contributed by atoms with van der Waals surface area (Å²) >= 11 is 0. The number of aliphatic hydroxyl groups is 1. The lowest BCUT2D eigenvalue weighted by molar-refractivity contribution is 0.0350. The van der Waals surface area contributed by atoms with E-state index in [4.69, 9.17) is 0 Å². The van der Waals surface area contributed by atoms with Crippen molar-refractivity contribution in [2.45, 2.75) is 52.1 Å². The molecule has 0 aromatic carbocycles. The van der Waals surface area contributed by atoms with Gasteiger partial charge in [-0.05, 0) is 38.2 Å². The highest BCUT2D eigenvalue weighted by Crippen LogP contribution is 2.28. The third kappa shape index (κ3) is 2.75. The Labute approximate surface area is 120 Å². The van der Waals surface area contributed by atoms with Crippen LogP contribution < -0.4 is 4.90 Å². The van der Waals surface area contributed by atoms with Gasteiger partial charge in [0.05, 0.1) is 11.3 Å². The van der Waals surface area contributed by atoms with E-state index in [-0.39, 0.29) is 0 Å². The van der Waals surface area contributed by atoms with Crippen LogP contribution in [0.3, 0.4) is 0 Å². The number of aromatic nitrogens is 2. The topological polar surface area (TPSA) is 73.0 Å². The molecule has 0 aliphatic carbocycles. The van der Waals surface area contributed by atoms with Crippen LogP contribution in [0.1, 0.15) is 50.4 Å². The first-order chi connectivity index (χ1) is 9.52. The summed E-state index contributed by atoms with van der Waals surface area (Å²) in [4.78, 5) is 2.07. The average Bonchev–Trinajstić information content (AvgIpc) is 2.45. The second-order valence-electron chi connectivity index (χ2n) is 5.63. The van der Waals surface area contributed by atoms with Gasteiger partial charge < -0.3 is 10.0 Å². The minimum atomic E-state index is -0.603. The van der Waals surface area contributed by atoms with Gasteiger partial charge in [0.15, 0.2) is 5.82 Å². The highest BCUT2D eigenvalue weighted by molar-refractivity contribution is 5.58. The summed E-state index contributed by atoms with van der Waals surface area (Å²) in [6.45, 7) is 7.36. The van der Waals surface area contributed by atoms with Crippen molar-refractivity contribution in [2.75, 3.05) is 18.0 Å². The summed E-state index contributed by atoms with van der Waals surface area (Å²) in [6.07, 6.45) is 2.97. The van der Waals surface area contributed by atoms with Crippen LogP contribution in [0.4, 0.5) is 5.82 Å². The number of hydrogen-bond donors (Lipinski definition) is 1. The van der Waals surface area contributed by atoms with E-state index < -0.39 is 5.60 Å². The molecule has 0 amide bonds. The number of piperidine rings is 1.